The van der Waals surface area contributed by atoms with Gasteiger partial charge in [0.15, 0.2) is 0 Å². The van der Waals surface area contributed by atoms with Crippen molar-refractivity contribution in [2.24, 2.45) is 5.73 Å². The number of alkyl halides is 3. The molecule has 1 aliphatic rings. The first kappa shape index (κ1) is 15.8. The van der Waals surface area contributed by atoms with Crippen LogP contribution in [0.1, 0.15) is 45.0 Å². The number of carbonyl (C=O) groups excluding carboxylic acids is 2. The Morgan fingerprint density at radius 2 is 1.81 bits per heavy atom. The first-order valence-electron chi connectivity index (χ1n) is 6.55. The van der Waals surface area contributed by atoms with Crippen molar-refractivity contribution < 1.29 is 22.8 Å². The predicted molar refractivity (Wildman–Crippen MR) is 72.2 cm³/mol. The fraction of sp³-hybridized carbons (Fsp3) is 0.538. The third kappa shape index (κ3) is 3.96. The van der Waals surface area contributed by atoms with Crippen LogP contribution in [0.3, 0.4) is 0 Å². The SMILES string of the molecule is NC(=O)c1ccc(C(=O)N(CC(F)(F)F)C2CCCC2)s1. The molecular weight excluding hydrogens is 305 g/mol. The number of primary amides is 1. The molecule has 1 saturated carbocycles. The predicted octanol–water partition coefficient (Wildman–Crippen LogP) is 2.79. The van der Waals surface area contributed by atoms with E-state index >= 15 is 0 Å². The van der Waals surface area contributed by atoms with Crippen molar-refractivity contribution in [3.8, 4) is 0 Å². The lowest BCUT2D eigenvalue weighted by Gasteiger charge is -2.29. The molecule has 1 aliphatic carbocycles. The normalized spacial score (nSPS) is 16.1. The summed E-state index contributed by atoms with van der Waals surface area (Å²) in [7, 11) is 0. The number of thiophene rings is 1. The molecule has 2 N–H and O–H groups in total. The lowest BCUT2D eigenvalue weighted by Crippen LogP contribution is -2.44. The summed E-state index contributed by atoms with van der Waals surface area (Å²) < 4.78 is 38.1. The van der Waals surface area contributed by atoms with E-state index in [2.05, 4.69) is 0 Å². The lowest BCUT2D eigenvalue weighted by molar-refractivity contribution is -0.144. The number of rotatable bonds is 4. The van der Waals surface area contributed by atoms with E-state index in [1.165, 1.54) is 12.1 Å². The smallest absolute Gasteiger partial charge is 0.365 e. The largest absolute Gasteiger partial charge is 0.406 e. The van der Waals surface area contributed by atoms with Crippen molar-refractivity contribution in [2.75, 3.05) is 6.54 Å². The van der Waals surface area contributed by atoms with Gasteiger partial charge >= 0.3 is 6.18 Å². The van der Waals surface area contributed by atoms with Crippen molar-refractivity contribution in [1.82, 2.24) is 4.90 Å². The Morgan fingerprint density at radius 1 is 1.24 bits per heavy atom. The number of hydrogen-bond acceptors (Lipinski definition) is 3. The van der Waals surface area contributed by atoms with Crippen LogP contribution < -0.4 is 5.73 Å². The molecule has 0 spiro atoms. The summed E-state index contributed by atoms with van der Waals surface area (Å²) in [6.45, 7) is -1.26. The van der Waals surface area contributed by atoms with Crippen LogP contribution in [-0.4, -0.2) is 35.5 Å². The number of nitrogens with zero attached hydrogens (tertiary/aromatic N) is 1. The zero-order chi connectivity index (χ0) is 15.6. The lowest BCUT2D eigenvalue weighted by atomic mass is 10.2. The number of hydrogen-bond donors (Lipinski definition) is 1. The van der Waals surface area contributed by atoms with Crippen molar-refractivity contribution >= 4 is 23.2 Å². The third-order valence-electron chi connectivity index (χ3n) is 3.44. The summed E-state index contributed by atoms with van der Waals surface area (Å²) in [5, 5.41) is 0. The van der Waals surface area contributed by atoms with E-state index in [-0.39, 0.29) is 9.75 Å². The van der Waals surface area contributed by atoms with Gasteiger partial charge in [-0.1, -0.05) is 12.8 Å². The van der Waals surface area contributed by atoms with Gasteiger partial charge in [-0.25, -0.2) is 0 Å². The summed E-state index contributed by atoms with van der Waals surface area (Å²) >= 11 is 0.829. The maximum absolute atomic E-state index is 12.7. The highest BCUT2D eigenvalue weighted by Crippen LogP contribution is 2.29. The van der Waals surface area contributed by atoms with Crippen LogP contribution in [0.4, 0.5) is 13.2 Å². The number of nitrogens with two attached hydrogens (primary N) is 1. The van der Waals surface area contributed by atoms with Gasteiger partial charge in [-0.2, -0.15) is 13.2 Å². The molecule has 8 heteroatoms. The van der Waals surface area contributed by atoms with Crippen LogP contribution in [0.5, 0.6) is 0 Å². The van der Waals surface area contributed by atoms with Gasteiger partial charge in [-0.15, -0.1) is 11.3 Å². The fourth-order valence-electron chi connectivity index (χ4n) is 2.50. The number of carbonyl (C=O) groups is 2. The van der Waals surface area contributed by atoms with E-state index in [1.54, 1.807) is 0 Å². The summed E-state index contributed by atoms with van der Waals surface area (Å²) in [5.74, 6) is -1.38. The minimum absolute atomic E-state index is 0.111. The second-order valence-electron chi connectivity index (χ2n) is 5.01. The first-order chi connectivity index (χ1) is 9.78. The minimum Gasteiger partial charge on any atom is -0.365 e. The Bertz CT molecular complexity index is 536. The van der Waals surface area contributed by atoms with E-state index in [4.69, 9.17) is 5.73 Å². The van der Waals surface area contributed by atoms with Crippen LogP contribution in [-0.2, 0) is 0 Å². The summed E-state index contributed by atoms with van der Waals surface area (Å²) in [6, 6.07) is 2.32. The maximum Gasteiger partial charge on any atom is 0.406 e. The molecule has 0 aromatic carbocycles. The summed E-state index contributed by atoms with van der Waals surface area (Å²) in [6.07, 6.45) is -1.64. The monoisotopic (exact) mass is 320 g/mol. The molecule has 1 aromatic heterocycles. The molecule has 4 nitrogen and oxygen atoms in total. The second kappa shape index (κ2) is 6.05. The van der Waals surface area contributed by atoms with Crippen LogP contribution in [0.15, 0.2) is 12.1 Å². The Hall–Kier alpha value is -1.57. The highest BCUT2D eigenvalue weighted by Gasteiger charge is 2.38. The van der Waals surface area contributed by atoms with Gasteiger partial charge in [0, 0.05) is 6.04 Å². The molecule has 0 unspecified atom stereocenters. The van der Waals surface area contributed by atoms with Gasteiger partial charge in [0.1, 0.15) is 6.54 Å². The molecule has 2 rings (SSSR count). The molecule has 2 amide bonds. The Morgan fingerprint density at radius 3 is 2.29 bits per heavy atom. The van der Waals surface area contributed by atoms with Crippen LogP contribution in [0.25, 0.3) is 0 Å². The molecule has 1 heterocycles. The fourth-order valence-corrected chi connectivity index (χ4v) is 3.32. The van der Waals surface area contributed by atoms with E-state index in [0.29, 0.717) is 12.8 Å². The van der Waals surface area contributed by atoms with E-state index in [9.17, 15) is 22.8 Å². The second-order valence-corrected chi connectivity index (χ2v) is 6.10. The number of halogens is 3. The van der Waals surface area contributed by atoms with Gasteiger partial charge in [-0.3, -0.25) is 9.59 Å². The first-order valence-corrected chi connectivity index (χ1v) is 7.37. The standard InChI is InChI=1S/C13H15F3N2O2S/c14-13(15,16)7-18(8-3-1-2-4-8)12(20)10-6-5-9(21-10)11(17)19/h5-6,8H,1-4,7H2,(H2,17,19). The number of amides is 2. The Kier molecular flexibility index (Phi) is 4.55. The molecule has 0 radical (unpaired) electrons. The topological polar surface area (TPSA) is 63.4 Å². The Labute approximate surface area is 123 Å². The zero-order valence-corrected chi connectivity index (χ0v) is 12.0. The summed E-state index contributed by atoms with van der Waals surface area (Å²) in [5.41, 5.74) is 5.09. The van der Waals surface area contributed by atoms with E-state index in [0.717, 1.165) is 29.1 Å². The quantitative estimate of drug-likeness (QED) is 0.927. The van der Waals surface area contributed by atoms with Gasteiger partial charge in [0.25, 0.3) is 11.8 Å². The molecule has 21 heavy (non-hydrogen) atoms. The summed E-state index contributed by atoms with van der Waals surface area (Å²) in [4.78, 5) is 24.5. The molecule has 1 fully saturated rings. The van der Waals surface area contributed by atoms with Crippen molar-refractivity contribution in [3.05, 3.63) is 21.9 Å². The molecule has 1 aromatic rings. The Balaban J connectivity index is 2.21. The van der Waals surface area contributed by atoms with Crippen LogP contribution >= 0.6 is 11.3 Å². The molecule has 0 bridgehead atoms. The molecular formula is C13H15F3N2O2S. The highest BCUT2D eigenvalue weighted by molar-refractivity contribution is 7.15. The maximum atomic E-state index is 12.7. The van der Waals surface area contributed by atoms with Gasteiger partial charge in [0.05, 0.1) is 9.75 Å². The van der Waals surface area contributed by atoms with Gasteiger partial charge in [-0.05, 0) is 25.0 Å². The van der Waals surface area contributed by atoms with Crippen molar-refractivity contribution in [1.29, 1.82) is 0 Å². The molecule has 0 atom stereocenters. The van der Waals surface area contributed by atoms with E-state index < -0.39 is 30.6 Å². The minimum atomic E-state index is -4.44. The van der Waals surface area contributed by atoms with Gasteiger partial charge in [0.2, 0.25) is 0 Å². The van der Waals surface area contributed by atoms with Crippen LogP contribution in [0.2, 0.25) is 0 Å². The van der Waals surface area contributed by atoms with Crippen molar-refractivity contribution in [2.45, 2.75) is 37.9 Å². The zero-order valence-electron chi connectivity index (χ0n) is 11.2. The molecule has 0 saturated heterocycles. The third-order valence-corrected chi connectivity index (χ3v) is 4.52. The average molecular weight is 320 g/mol. The highest BCUT2D eigenvalue weighted by atomic mass is 32.1. The average Bonchev–Trinajstić information content (AvgIpc) is 3.04. The van der Waals surface area contributed by atoms with E-state index in [1.807, 2.05) is 0 Å². The van der Waals surface area contributed by atoms with Crippen LogP contribution in [0, 0.1) is 0 Å². The molecule has 0 aliphatic heterocycles. The molecule has 116 valence electrons. The van der Waals surface area contributed by atoms with Crippen molar-refractivity contribution in [3.63, 3.8) is 0 Å². The van der Waals surface area contributed by atoms with Gasteiger partial charge < -0.3 is 10.6 Å².